The molecule has 0 spiro atoms. The molecule has 1 aromatic carbocycles. The third-order valence-electron chi connectivity index (χ3n) is 3.58. The minimum atomic E-state index is -0.619. The number of hydrogen-bond donors (Lipinski definition) is 1. The van der Waals surface area contributed by atoms with Crippen molar-refractivity contribution in [3.05, 3.63) is 29.8 Å². The van der Waals surface area contributed by atoms with Crippen molar-refractivity contribution in [2.75, 3.05) is 11.1 Å². The molecule has 1 aromatic heterocycles. The van der Waals surface area contributed by atoms with Gasteiger partial charge in [0.05, 0.1) is 0 Å². The van der Waals surface area contributed by atoms with E-state index in [1.165, 1.54) is 16.9 Å². The number of ether oxygens (including phenoxy) is 1. The van der Waals surface area contributed by atoms with E-state index in [0.29, 0.717) is 16.8 Å². The van der Waals surface area contributed by atoms with Crippen molar-refractivity contribution in [1.29, 1.82) is 0 Å². The Morgan fingerprint density at radius 1 is 1.19 bits per heavy atom. The minimum absolute atomic E-state index is 0.0879. The predicted molar refractivity (Wildman–Crippen MR) is 109 cm³/mol. The number of nitrogens with one attached hydrogen (secondary N) is 1. The largest absolute Gasteiger partial charge is 0.481 e. The van der Waals surface area contributed by atoms with Crippen LogP contribution < -0.4 is 10.1 Å². The molecular formula is C19H27N3O2S2. The molecule has 0 aliphatic carbocycles. The van der Waals surface area contributed by atoms with Crippen LogP contribution in [-0.4, -0.2) is 28.0 Å². The third-order valence-corrected chi connectivity index (χ3v) is 5.98. The summed E-state index contributed by atoms with van der Waals surface area (Å²) in [5.74, 6) is 2.00. The standard InChI is InChI=1S/C19H27N3O2S2/c1-12(2)11-25-18-22-21-17(26-18)20-16(23)13(3)24-15-9-7-14(8-10-15)19(4,5)6/h7-10,12-13H,11H2,1-6H3,(H,20,21,23). The molecule has 142 valence electrons. The molecule has 5 nitrogen and oxygen atoms in total. The Morgan fingerprint density at radius 3 is 2.42 bits per heavy atom. The van der Waals surface area contributed by atoms with Gasteiger partial charge in [-0.1, -0.05) is 69.9 Å². The van der Waals surface area contributed by atoms with Gasteiger partial charge in [-0.15, -0.1) is 10.2 Å². The first-order valence-electron chi connectivity index (χ1n) is 8.69. The van der Waals surface area contributed by atoms with Crippen LogP contribution in [0.5, 0.6) is 5.75 Å². The number of carbonyl (C=O) groups excluding carboxylic acids is 1. The summed E-state index contributed by atoms with van der Waals surface area (Å²) in [4.78, 5) is 12.3. The number of rotatable bonds is 7. The van der Waals surface area contributed by atoms with Gasteiger partial charge < -0.3 is 4.74 Å². The smallest absolute Gasteiger partial charge is 0.266 e. The molecule has 0 aliphatic heterocycles. The zero-order valence-electron chi connectivity index (χ0n) is 16.2. The summed E-state index contributed by atoms with van der Waals surface area (Å²) in [7, 11) is 0. The third kappa shape index (κ3) is 6.29. The topological polar surface area (TPSA) is 64.1 Å². The molecule has 1 amide bonds. The van der Waals surface area contributed by atoms with Gasteiger partial charge in [0.1, 0.15) is 5.75 Å². The molecule has 0 fully saturated rings. The Labute approximate surface area is 163 Å². The van der Waals surface area contributed by atoms with E-state index < -0.39 is 6.10 Å². The van der Waals surface area contributed by atoms with Gasteiger partial charge >= 0.3 is 0 Å². The quantitative estimate of drug-likeness (QED) is 0.530. The van der Waals surface area contributed by atoms with Crippen LogP contribution in [0.3, 0.4) is 0 Å². The lowest BCUT2D eigenvalue weighted by Gasteiger charge is -2.20. The van der Waals surface area contributed by atoms with Crippen LogP contribution in [0.15, 0.2) is 28.6 Å². The number of hydrogen-bond acceptors (Lipinski definition) is 6. The van der Waals surface area contributed by atoms with Crippen molar-refractivity contribution in [3.8, 4) is 5.75 Å². The Balaban J connectivity index is 1.89. The van der Waals surface area contributed by atoms with Gasteiger partial charge in [0, 0.05) is 5.75 Å². The number of aromatic nitrogens is 2. The fourth-order valence-electron chi connectivity index (χ4n) is 2.05. The molecule has 1 N–H and O–H groups in total. The molecule has 7 heteroatoms. The molecule has 0 bridgehead atoms. The summed E-state index contributed by atoms with van der Waals surface area (Å²) >= 11 is 3.04. The lowest BCUT2D eigenvalue weighted by atomic mass is 9.87. The molecular weight excluding hydrogens is 366 g/mol. The van der Waals surface area contributed by atoms with E-state index in [-0.39, 0.29) is 11.3 Å². The van der Waals surface area contributed by atoms with E-state index >= 15 is 0 Å². The fraction of sp³-hybridized carbons (Fsp3) is 0.526. The van der Waals surface area contributed by atoms with Crippen molar-refractivity contribution < 1.29 is 9.53 Å². The van der Waals surface area contributed by atoms with E-state index in [1.807, 2.05) is 24.3 Å². The van der Waals surface area contributed by atoms with Crippen LogP contribution >= 0.6 is 23.1 Å². The summed E-state index contributed by atoms with van der Waals surface area (Å²) in [6, 6.07) is 7.86. The molecule has 2 rings (SSSR count). The van der Waals surface area contributed by atoms with Gasteiger partial charge in [0.2, 0.25) is 5.13 Å². The lowest BCUT2D eigenvalue weighted by Crippen LogP contribution is -2.30. The van der Waals surface area contributed by atoms with E-state index in [0.717, 1.165) is 10.1 Å². The zero-order valence-corrected chi connectivity index (χ0v) is 17.8. The van der Waals surface area contributed by atoms with Crippen LogP contribution in [0.4, 0.5) is 5.13 Å². The Morgan fingerprint density at radius 2 is 1.85 bits per heavy atom. The van der Waals surface area contributed by atoms with E-state index in [2.05, 4.69) is 50.1 Å². The molecule has 1 heterocycles. The first-order valence-corrected chi connectivity index (χ1v) is 10.5. The summed E-state index contributed by atoms with van der Waals surface area (Å²) in [5, 5.41) is 11.4. The van der Waals surface area contributed by atoms with Gasteiger partial charge in [-0.3, -0.25) is 10.1 Å². The summed E-state index contributed by atoms with van der Waals surface area (Å²) < 4.78 is 6.60. The van der Waals surface area contributed by atoms with E-state index in [9.17, 15) is 4.79 Å². The number of nitrogens with zero attached hydrogens (tertiary/aromatic N) is 2. The van der Waals surface area contributed by atoms with Crippen LogP contribution in [0.25, 0.3) is 0 Å². The fourth-order valence-corrected chi connectivity index (χ4v) is 3.79. The van der Waals surface area contributed by atoms with Crippen molar-refractivity contribution in [2.45, 2.75) is 57.4 Å². The number of anilines is 1. The highest BCUT2D eigenvalue weighted by atomic mass is 32.2. The Hall–Kier alpha value is -1.60. The van der Waals surface area contributed by atoms with Crippen LogP contribution in [-0.2, 0) is 10.2 Å². The van der Waals surface area contributed by atoms with Gasteiger partial charge in [-0.25, -0.2) is 0 Å². The number of benzene rings is 1. The molecule has 0 radical (unpaired) electrons. The highest BCUT2D eigenvalue weighted by Crippen LogP contribution is 2.27. The van der Waals surface area contributed by atoms with Crippen LogP contribution in [0.1, 0.15) is 47.1 Å². The first kappa shape index (κ1) is 20.7. The van der Waals surface area contributed by atoms with Crippen LogP contribution in [0.2, 0.25) is 0 Å². The maximum Gasteiger partial charge on any atom is 0.266 e. The monoisotopic (exact) mass is 393 g/mol. The molecule has 0 saturated carbocycles. The Kier molecular flexibility index (Phi) is 7.06. The predicted octanol–water partition coefficient (Wildman–Crippen LogP) is 4.99. The minimum Gasteiger partial charge on any atom is -0.481 e. The van der Waals surface area contributed by atoms with Crippen molar-refractivity contribution >= 4 is 34.1 Å². The lowest BCUT2D eigenvalue weighted by molar-refractivity contribution is -0.122. The van der Waals surface area contributed by atoms with Crippen molar-refractivity contribution in [2.24, 2.45) is 5.92 Å². The van der Waals surface area contributed by atoms with Crippen molar-refractivity contribution in [1.82, 2.24) is 10.2 Å². The SMILES string of the molecule is CC(C)CSc1nnc(NC(=O)C(C)Oc2ccc(C(C)(C)C)cc2)s1. The highest BCUT2D eigenvalue weighted by molar-refractivity contribution is 8.01. The van der Waals surface area contributed by atoms with E-state index in [1.54, 1.807) is 18.7 Å². The van der Waals surface area contributed by atoms with Gasteiger partial charge in [0.15, 0.2) is 10.4 Å². The van der Waals surface area contributed by atoms with Gasteiger partial charge in [-0.2, -0.15) is 0 Å². The van der Waals surface area contributed by atoms with Crippen molar-refractivity contribution in [3.63, 3.8) is 0 Å². The molecule has 0 saturated heterocycles. The Bertz CT molecular complexity index is 721. The summed E-state index contributed by atoms with van der Waals surface area (Å²) in [6.07, 6.45) is -0.619. The first-order chi connectivity index (χ1) is 12.1. The second kappa shape index (κ2) is 8.86. The average molecular weight is 394 g/mol. The maximum atomic E-state index is 12.3. The maximum absolute atomic E-state index is 12.3. The average Bonchev–Trinajstić information content (AvgIpc) is 3.00. The highest BCUT2D eigenvalue weighted by Gasteiger charge is 2.18. The zero-order chi connectivity index (χ0) is 19.3. The molecule has 1 atom stereocenters. The summed E-state index contributed by atoms with van der Waals surface area (Å²) in [5.41, 5.74) is 1.31. The van der Waals surface area contributed by atoms with E-state index in [4.69, 9.17) is 4.74 Å². The van der Waals surface area contributed by atoms with Gasteiger partial charge in [-0.05, 0) is 36.0 Å². The second-order valence-corrected chi connectivity index (χ2v) is 9.85. The number of carbonyl (C=O) groups is 1. The van der Waals surface area contributed by atoms with Crippen LogP contribution in [0, 0.1) is 5.92 Å². The number of thioether (sulfide) groups is 1. The molecule has 2 aromatic rings. The second-order valence-electron chi connectivity index (χ2n) is 7.60. The normalized spacial score (nSPS) is 12.9. The molecule has 26 heavy (non-hydrogen) atoms. The van der Waals surface area contributed by atoms with Gasteiger partial charge in [0.25, 0.3) is 5.91 Å². The molecule has 0 aliphatic rings. The summed E-state index contributed by atoms with van der Waals surface area (Å²) in [6.45, 7) is 12.5. The molecule has 1 unspecified atom stereocenters. The number of amides is 1.